The van der Waals surface area contributed by atoms with Crippen molar-refractivity contribution in [2.24, 2.45) is 15.9 Å². The number of rotatable bonds is 11. The third kappa shape index (κ3) is 7.06. The average Bonchev–Trinajstić information content (AvgIpc) is 3.40. The van der Waals surface area contributed by atoms with Gasteiger partial charge in [0.1, 0.15) is 0 Å². The summed E-state index contributed by atoms with van der Waals surface area (Å²) in [7, 11) is 0. The summed E-state index contributed by atoms with van der Waals surface area (Å²) in [5.41, 5.74) is 12.8. The fourth-order valence-electron chi connectivity index (χ4n) is 5.76. The van der Waals surface area contributed by atoms with Crippen molar-refractivity contribution < 1.29 is 14.4 Å². The molecule has 238 valence electrons. The van der Waals surface area contributed by atoms with Gasteiger partial charge in [-0.3, -0.25) is 24.4 Å². The Labute approximate surface area is 271 Å². The number of anilines is 2. The molecule has 0 aliphatic carbocycles. The molecule has 3 heterocycles. The van der Waals surface area contributed by atoms with Gasteiger partial charge in [-0.05, 0) is 66.9 Å². The predicted molar refractivity (Wildman–Crippen MR) is 181 cm³/mol. The summed E-state index contributed by atoms with van der Waals surface area (Å²) < 4.78 is 0. The maximum Gasteiger partial charge on any atom is 0.286 e. The zero-order chi connectivity index (χ0) is 32.9. The lowest BCUT2D eigenvalue weighted by molar-refractivity contribution is -0.118. The molecule has 0 spiro atoms. The van der Waals surface area contributed by atoms with Crippen LogP contribution in [-0.4, -0.2) is 64.0 Å². The van der Waals surface area contributed by atoms with Crippen molar-refractivity contribution in [2.75, 3.05) is 23.3 Å². The van der Waals surface area contributed by atoms with Crippen LogP contribution in [0.5, 0.6) is 0 Å². The molecule has 1 unspecified atom stereocenters. The lowest BCUT2D eigenvalue weighted by Gasteiger charge is -2.38. The quantitative estimate of drug-likeness (QED) is 0.181. The van der Waals surface area contributed by atoms with E-state index in [-0.39, 0.29) is 36.7 Å². The summed E-state index contributed by atoms with van der Waals surface area (Å²) in [6.45, 7) is 3.74. The van der Waals surface area contributed by atoms with E-state index in [1.807, 2.05) is 61.5 Å². The number of benzene rings is 3. The smallest absolute Gasteiger partial charge is 0.286 e. The van der Waals surface area contributed by atoms with Gasteiger partial charge in [0, 0.05) is 72.2 Å². The van der Waals surface area contributed by atoms with E-state index in [2.05, 4.69) is 25.4 Å². The van der Waals surface area contributed by atoms with Crippen LogP contribution in [0, 0.1) is 4.91 Å². The van der Waals surface area contributed by atoms with Crippen molar-refractivity contribution in [3.05, 3.63) is 106 Å². The Balaban J connectivity index is 0.979. The minimum Gasteiger partial charge on any atom is -0.404 e. The van der Waals surface area contributed by atoms with Gasteiger partial charge in [-0.15, -0.1) is 4.91 Å². The molecule has 1 aromatic heterocycles. The highest BCUT2D eigenvalue weighted by Crippen LogP contribution is 2.29. The van der Waals surface area contributed by atoms with Crippen LogP contribution < -0.4 is 16.0 Å². The number of nitroso groups, excluding NO2 is 1. The second kappa shape index (κ2) is 13.7. The number of hydrogen-bond donors (Lipinski definition) is 2. The number of carbonyl (C=O) groups is 3. The number of nitrogens with two attached hydrogens (primary N) is 1. The van der Waals surface area contributed by atoms with Gasteiger partial charge in [-0.2, -0.15) is 0 Å². The number of nitrogens with zero attached hydrogens (tertiary/aromatic N) is 6. The van der Waals surface area contributed by atoms with E-state index in [9.17, 15) is 19.3 Å². The molecular formula is C35H34N8O4. The van der Waals surface area contributed by atoms with Gasteiger partial charge < -0.3 is 20.9 Å². The molecule has 6 rings (SSSR count). The van der Waals surface area contributed by atoms with Crippen LogP contribution in [-0.2, 0) is 22.6 Å². The molecule has 2 aliphatic rings. The number of carbonyl (C=O) groups excluding carboxylic acids is 3. The molecule has 1 saturated heterocycles. The van der Waals surface area contributed by atoms with E-state index in [0.717, 1.165) is 40.9 Å². The van der Waals surface area contributed by atoms with Crippen molar-refractivity contribution in [1.82, 2.24) is 14.9 Å². The lowest BCUT2D eigenvalue weighted by Crippen LogP contribution is -2.50. The van der Waals surface area contributed by atoms with Crippen molar-refractivity contribution >= 4 is 51.9 Å². The van der Waals surface area contributed by atoms with E-state index >= 15 is 0 Å². The van der Waals surface area contributed by atoms with Gasteiger partial charge >= 0.3 is 0 Å². The number of amides is 3. The van der Waals surface area contributed by atoms with Crippen LogP contribution in [0.2, 0.25) is 0 Å². The van der Waals surface area contributed by atoms with Gasteiger partial charge in [-0.1, -0.05) is 24.3 Å². The third-order valence-electron chi connectivity index (χ3n) is 8.51. The molecule has 3 N–H and O–H groups in total. The molecule has 3 amide bonds. The number of hydrogen-bond acceptors (Lipinski definition) is 9. The lowest BCUT2D eigenvalue weighted by atomic mass is 10.1. The van der Waals surface area contributed by atoms with Crippen molar-refractivity contribution in [1.29, 1.82) is 0 Å². The summed E-state index contributed by atoms with van der Waals surface area (Å²) in [6.07, 6.45) is 5.52. The molecule has 12 heteroatoms. The summed E-state index contributed by atoms with van der Waals surface area (Å²) in [4.78, 5) is 65.0. The first-order chi connectivity index (χ1) is 22.8. The maximum absolute atomic E-state index is 12.9. The number of allylic oxidation sites excluding steroid dienone is 1. The van der Waals surface area contributed by atoms with Crippen LogP contribution in [0.3, 0.4) is 0 Å². The maximum atomic E-state index is 12.9. The zero-order valence-corrected chi connectivity index (χ0v) is 25.9. The summed E-state index contributed by atoms with van der Waals surface area (Å²) in [5.74, 6) is -1.02. The number of aliphatic imine (C=N–C) groups is 1. The van der Waals surface area contributed by atoms with Gasteiger partial charge in [0.05, 0.1) is 35.4 Å². The van der Waals surface area contributed by atoms with Crippen LogP contribution in [0.15, 0.2) is 89.3 Å². The largest absolute Gasteiger partial charge is 0.404 e. The Hall–Kier alpha value is -5.78. The molecule has 0 bridgehead atoms. The summed E-state index contributed by atoms with van der Waals surface area (Å²) in [6, 6.07) is 20.7. The average molecular weight is 631 g/mol. The molecule has 4 aromatic rings. The molecule has 1 fully saturated rings. The van der Waals surface area contributed by atoms with Gasteiger partial charge in [0.15, 0.2) is 0 Å². The van der Waals surface area contributed by atoms with Crippen LogP contribution in [0.4, 0.5) is 11.4 Å². The first-order valence-electron chi connectivity index (χ1n) is 15.4. The number of fused-ring (bicyclic) bond motifs is 2. The molecule has 12 nitrogen and oxygen atoms in total. The summed E-state index contributed by atoms with van der Waals surface area (Å²) in [5, 5.41) is 5.35. The van der Waals surface area contributed by atoms with E-state index in [1.165, 1.54) is 6.20 Å². The van der Waals surface area contributed by atoms with Crippen LogP contribution in [0.1, 0.15) is 46.9 Å². The Bertz CT molecular complexity index is 1900. The highest BCUT2D eigenvalue weighted by Gasteiger charge is 2.31. The van der Waals surface area contributed by atoms with E-state index in [4.69, 9.17) is 10.7 Å². The highest BCUT2D eigenvalue weighted by molar-refractivity contribution is 6.09. The SMILES string of the molecule is CC(CCC(=O)N=O)N1Cc2cc(NC(=O)Cc3ccc(N4CC(N=CC(=CN)c5cnc6ccccc6n5)C4)cc3)ccc2C1=O. The molecular weight excluding hydrogens is 596 g/mol. The number of para-hydroxylation sites is 2. The zero-order valence-electron chi connectivity index (χ0n) is 25.9. The topological polar surface area (TPSA) is 163 Å². The predicted octanol–water partition coefficient (Wildman–Crippen LogP) is 4.49. The normalized spacial score (nSPS) is 15.5. The van der Waals surface area contributed by atoms with E-state index in [0.29, 0.717) is 35.5 Å². The Morgan fingerprint density at radius 1 is 1.09 bits per heavy atom. The second-order valence-corrected chi connectivity index (χ2v) is 11.8. The van der Waals surface area contributed by atoms with E-state index < -0.39 is 5.91 Å². The van der Waals surface area contributed by atoms with Crippen molar-refractivity contribution in [2.45, 2.75) is 44.8 Å². The molecule has 3 aromatic carbocycles. The minimum absolute atomic E-state index is 0.00232. The van der Waals surface area contributed by atoms with Gasteiger partial charge in [0.25, 0.3) is 11.8 Å². The van der Waals surface area contributed by atoms with Crippen molar-refractivity contribution in [3.63, 3.8) is 0 Å². The van der Waals surface area contributed by atoms with Gasteiger partial charge in [-0.25, -0.2) is 4.98 Å². The molecule has 1 atom stereocenters. The number of nitrogens with one attached hydrogen (secondary N) is 1. The molecule has 0 radical (unpaired) electrons. The third-order valence-corrected chi connectivity index (χ3v) is 8.51. The summed E-state index contributed by atoms with van der Waals surface area (Å²) >= 11 is 0. The Morgan fingerprint density at radius 3 is 2.60 bits per heavy atom. The molecule has 2 aliphatic heterocycles. The van der Waals surface area contributed by atoms with Crippen molar-refractivity contribution in [3.8, 4) is 0 Å². The standard InChI is InChI=1S/C35H34N8O4/c1-22(6-13-33(44)41-47)43-19-24-15-26(9-12-29(24)35(43)46)39-34(45)14-23-7-10-28(11-8-23)42-20-27(21-42)37-17-25(16-36)32-18-38-30-4-2-3-5-31(30)40-32/h2-5,7-12,15-18,22,27H,6,13-14,19-21,36H2,1H3,(H,39,45). The minimum atomic E-state index is -0.722. The second-order valence-electron chi connectivity index (χ2n) is 11.8. The highest BCUT2D eigenvalue weighted by atomic mass is 16.3. The van der Waals surface area contributed by atoms with Crippen LogP contribution >= 0.6 is 0 Å². The fourth-order valence-corrected chi connectivity index (χ4v) is 5.76. The Kier molecular flexibility index (Phi) is 9.09. The first kappa shape index (κ1) is 31.2. The van der Waals surface area contributed by atoms with E-state index in [1.54, 1.807) is 29.4 Å². The molecule has 0 saturated carbocycles. The van der Waals surface area contributed by atoms with Crippen LogP contribution in [0.25, 0.3) is 16.6 Å². The monoisotopic (exact) mass is 630 g/mol. The Morgan fingerprint density at radius 2 is 1.85 bits per heavy atom. The van der Waals surface area contributed by atoms with Gasteiger partial charge in [0.2, 0.25) is 5.91 Å². The first-order valence-corrected chi connectivity index (χ1v) is 15.4. The molecule has 47 heavy (non-hydrogen) atoms. The fraction of sp³-hybridized carbons (Fsp3) is 0.257. The number of aromatic nitrogens is 2.